The van der Waals surface area contributed by atoms with Crippen LogP contribution in [0.25, 0.3) is 16.7 Å². The third-order valence-corrected chi connectivity index (χ3v) is 5.75. The summed E-state index contributed by atoms with van der Waals surface area (Å²) in [6.45, 7) is 10.4. The highest BCUT2D eigenvalue weighted by Crippen LogP contribution is 2.28. The number of allylic oxidation sites excluding steroid dienone is 1. The Kier molecular flexibility index (Phi) is 11.4. The predicted molar refractivity (Wildman–Crippen MR) is 130 cm³/mol. The smallest absolute Gasteiger partial charge is 0.0169 e. The molecular weight excluding hydrogens is 350 g/mol. The summed E-state index contributed by atoms with van der Waals surface area (Å²) >= 11 is 0. The Bertz CT molecular complexity index is 689. The van der Waals surface area contributed by atoms with Crippen LogP contribution in [-0.2, 0) is 0 Å². The van der Waals surface area contributed by atoms with Gasteiger partial charge in [-0.25, -0.2) is 0 Å². The Hall–Kier alpha value is -1.86. The van der Waals surface area contributed by atoms with E-state index in [1.54, 1.807) is 0 Å². The summed E-state index contributed by atoms with van der Waals surface area (Å²) in [4.78, 5) is 2.67. The van der Waals surface area contributed by atoms with Gasteiger partial charge in [-0.05, 0) is 55.1 Å². The van der Waals surface area contributed by atoms with Crippen LogP contribution >= 0.6 is 0 Å². The fourth-order valence-electron chi connectivity index (χ4n) is 3.89. The van der Waals surface area contributed by atoms with Gasteiger partial charge < -0.3 is 0 Å². The van der Waals surface area contributed by atoms with Gasteiger partial charge in [0.2, 0.25) is 0 Å². The normalized spacial score (nSPS) is 11.9. The first-order valence-electron chi connectivity index (χ1n) is 11.8. The molecule has 0 atom stereocenters. The molecule has 0 saturated heterocycles. The number of nitrogens with zero attached hydrogens (tertiary/aromatic N) is 1. The number of benzene rings is 2. The number of unbranched alkanes of at least 4 members (excludes halogenated alkanes) is 6. The molecule has 0 amide bonds. The van der Waals surface area contributed by atoms with E-state index in [2.05, 4.69) is 86.3 Å². The maximum Gasteiger partial charge on any atom is 0.0169 e. The Morgan fingerprint density at radius 1 is 0.724 bits per heavy atom. The van der Waals surface area contributed by atoms with Crippen molar-refractivity contribution in [2.45, 2.75) is 72.1 Å². The molecule has 0 fully saturated rings. The summed E-state index contributed by atoms with van der Waals surface area (Å²) < 4.78 is 0. The minimum absolute atomic E-state index is 1.06. The van der Waals surface area contributed by atoms with E-state index in [0.717, 1.165) is 6.54 Å². The molecule has 0 spiro atoms. The van der Waals surface area contributed by atoms with Crippen molar-refractivity contribution in [1.29, 1.82) is 0 Å². The van der Waals surface area contributed by atoms with Gasteiger partial charge in [0.15, 0.2) is 0 Å². The highest BCUT2D eigenvalue weighted by Gasteiger charge is 2.08. The molecule has 0 bridgehead atoms. The van der Waals surface area contributed by atoms with Crippen molar-refractivity contribution in [1.82, 2.24) is 4.90 Å². The second kappa shape index (κ2) is 14.2. The molecule has 0 N–H and O–H groups in total. The van der Waals surface area contributed by atoms with E-state index in [1.165, 1.54) is 86.7 Å². The molecule has 2 aromatic rings. The highest BCUT2D eigenvalue weighted by atomic mass is 15.1. The number of rotatable bonds is 14. The molecule has 2 rings (SSSR count). The number of hydrogen-bond acceptors (Lipinski definition) is 1. The van der Waals surface area contributed by atoms with Crippen LogP contribution < -0.4 is 0 Å². The summed E-state index contributed by atoms with van der Waals surface area (Å²) in [5.74, 6) is 0. The zero-order valence-electron chi connectivity index (χ0n) is 19.0. The molecule has 1 heteroatoms. The molecule has 0 aliphatic heterocycles. The fraction of sp³-hybridized carbons (Fsp3) is 0.500. The van der Waals surface area contributed by atoms with Crippen LogP contribution in [0.4, 0.5) is 0 Å². The van der Waals surface area contributed by atoms with Gasteiger partial charge in [0.1, 0.15) is 0 Å². The van der Waals surface area contributed by atoms with Gasteiger partial charge in [-0.2, -0.15) is 0 Å². The van der Waals surface area contributed by atoms with E-state index in [1.807, 2.05) is 0 Å². The van der Waals surface area contributed by atoms with Crippen LogP contribution in [0.2, 0.25) is 0 Å². The molecule has 158 valence electrons. The molecular formula is C28H41N. The molecule has 0 heterocycles. The molecule has 0 aliphatic carbocycles. The van der Waals surface area contributed by atoms with Crippen LogP contribution in [0.3, 0.4) is 0 Å². The van der Waals surface area contributed by atoms with Crippen LogP contribution in [0.1, 0.15) is 77.7 Å². The van der Waals surface area contributed by atoms with Gasteiger partial charge in [0.25, 0.3) is 0 Å². The first-order chi connectivity index (χ1) is 14.3. The van der Waals surface area contributed by atoms with E-state index in [4.69, 9.17) is 0 Å². The molecule has 29 heavy (non-hydrogen) atoms. The third-order valence-electron chi connectivity index (χ3n) is 5.75. The maximum atomic E-state index is 2.67. The van der Waals surface area contributed by atoms with Gasteiger partial charge in [0, 0.05) is 6.54 Å². The minimum Gasteiger partial charge on any atom is -0.300 e. The van der Waals surface area contributed by atoms with Gasteiger partial charge >= 0.3 is 0 Å². The van der Waals surface area contributed by atoms with E-state index in [9.17, 15) is 0 Å². The third kappa shape index (κ3) is 8.58. The average Bonchev–Trinajstić information content (AvgIpc) is 2.77. The summed E-state index contributed by atoms with van der Waals surface area (Å²) in [6, 6.07) is 19.6. The second-order valence-corrected chi connectivity index (χ2v) is 8.22. The lowest BCUT2D eigenvalue weighted by Crippen LogP contribution is -2.26. The first-order valence-corrected chi connectivity index (χ1v) is 11.8. The van der Waals surface area contributed by atoms with Crippen molar-refractivity contribution in [3.63, 3.8) is 0 Å². The van der Waals surface area contributed by atoms with Crippen molar-refractivity contribution in [3.05, 3.63) is 66.2 Å². The van der Waals surface area contributed by atoms with Crippen molar-refractivity contribution in [3.8, 4) is 11.1 Å². The summed E-state index contributed by atoms with van der Waals surface area (Å²) in [7, 11) is 0. The lowest BCUT2D eigenvalue weighted by Gasteiger charge is -2.21. The molecule has 2 aromatic carbocycles. The van der Waals surface area contributed by atoms with Crippen LogP contribution in [0.5, 0.6) is 0 Å². The first kappa shape index (κ1) is 23.4. The van der Waals surface area contributed by atoms with Crippen molar-refractivity contribution in [2.75, 3.05) is 19.6 Å². The molecule has 0 saturated carbocycles. The monoisotopic (exact) mass is 391 g/mol. The van der Waals surface area contributed by atoms with Crippen molar-refractivity contribution >= 4 is 5.57 Å². The molecule has 0 radical (unpaired) electrons. The topological polar surface area (TPSA) is 3.24 Å². The van der Waals surface area contributed by atoms with Gasteiger partial charge in [-0.1, -0.05) is 113 Å². The maximum absolute atomic E-state index is 2.67. The second-order valence-electron chi connectivity index (χ2n) is 8.22. The lowest BCUT2D eigenvalue weighted by molar-refractivity contribution is 0.287. The lowest BCUT2D eigenvalue weighted by atomic mass is 9.95. The van der Waals surface area contributed by atoms with Crippen molar-refractivity contribution in [2.24, 2.45) is 0 Å². The van der Waals surface area contributed by atoms with E-state index < -0.39 is 0 Å². The van der Waals surface area contributed by atoms with Gasteiger partial charge in [-0.15, -0.1) is 0 Å². The van der Waals surface area contributed by atoms with E-state index in [0.29, 0.717) is 0 Å². The summed E-state index contributed by atoms with van der Waals surface area (Å²) in [5.41, 5.74) is 5.37. The van der Waals surface area contributed by atoms with E-state index in [-0.39, 0.29) is 0 Å². The standard InChI is InChI=1S/C28H41N/c1-4-6-8-15-22-29(23-16-9-7-5-2)24-21-25(3)27-19-13-14-20-28(27)26-17-11-10-12-18-26/h10-14,17-21H,4-9,15-16,22-24H2,1-3H3. The highest BCUT2D eigenvalue weighted by molar-refractivity contribution is 5.80. The zero-order valence-corrected chi connectivity index (χ0v) is 19.0. The fourth-order valence-corrected chi connectivity index (χ4v) is 3.89. The van der Waals surface area contributed by atoms with Crippen LogP contribution in [0.15, 0.2) is 60.7 Å². The Morgan fingerprint density at radius 3 is 1.93 bits per heavy atom. The molecule has 1 nitrogen and oxygen atoms in total. The Labute approximate surface area is 179 Å². The summed E-state index contributed by atoms with van der Waals surface area (Å²) in [6.07, 6.45) is 13.2. The number of hydrogen-bond donors (Lipinski definition) is 0. The SMILES string of the molecule is CCCCCCN(CC=C(C)c1ccccc1-c1ccccc1)CCCCCC. The largest absolute Gasteiger partial charge is 0.300 e. The van der Waals surface area contributed by atoms with Gasteiger partial charge in [0.05, 0.1) is 0 Å². The summed E-state index contributed by atoms with van der Waals surface area (Å²) in [5, 5.41) is 0. The minimum atomic E-state index is 1.06. The molecule has 0 unspecified atom stereocenters. The average molecular weight is 392 g/mol. The van der Waals surface area contributed by atoms with Crippen LogP contribution in [0, 0.1) is 0 Å². The van der Waals surface area contributed by atoms with E-state index >= 15 is 0 Å². The van der Waals surface area contributed by atoms with Crippen LogP contribution in [-0.4, -0.2) is 24.5 Å². The predicted octanol–water partition coefficient (Wildman–Crippen LogP) is 8.22. The quantitative estimate of drug-likeness (QED) is 0.293. The Balaban J connectivity index is 2.05. The molecule has 0 aromatic heterocycles. The van der Waals surface area contributed by atoms with Crippen molar-refractivity contribution < 1.29 is 0 Å². The zero-order chi connectivity index (χ0) is 20.7. The molecule has 0 aliphatic rings. The van der Waals surface area contributed by atoms with Gasteiger partial charge in [-0.3, -0.25) is 4.90 Å². The Morgan fingerprint density at radius 2 is 1.31 bits per heavy atom.